The number of hydrogen-bond acceptors (Lipinski definition) is 3. The van der Waals surface area contributed by atoms with Gasteiger partial charge in [-0.3, -0.25) is 9.80 Å². The van der Waals surface area contributed by atoms with Crippen LogP contribution in [0.4, 0.5) is 0 Å². The maximum atomic E-state index is 9.11. The number of nitriles is 1. The Morgan fingerprint density at radius 2 is 2.05 bits per heavy atom. The van der Waals surface area contributed by atoms with Crippen LogP contribution in [0.1, 0.15) is 31.9 Å². The number of nitrogens with zero attached hydrogens (tertiary/aromatic N) is 3. The lowest BCUT2D eigenvalue weighted by Gasteiger charge is -2.42. The Morgan fingerprint density at radius 1 is 1.32 bits per heavy atom. The molecule has 1 aromatic rings. The first-order valence-electron chi connectivity index (χ1n) is 7.16. The standard InChI is InChI=1S/C16H23N3/c1-3-18-11-12-19(13-14(18)2)16(9-10-17)15-7-5-4-6-8-15/h4-8,14,16H,3,9,11-13H2,1-2H3. The van der Waals surface area contributed by atoms with Gasteiger partial charge in [0.2, 0.25) is 0 Å². The molecule has 0 aliphatic carbocycles. The molecule has 0 radical (unpaired) electrons. The Labute approximate surface area is 116 Å². The lowest BCUT2D eigenvalue weighted by atomic mass is 10.0. The van der Waals surface area contributed by atoms with Gasteiger partial charge in [-0.15, -0.1) is 0 Å². The summed E-state index contributed by atoms with van der Waals surface area (Å²) in [7, 11) is 0. The largest absolute Gasteiger partial charge is 0.298 e. The number of hydrogen-bond donors (Lipinski definition) is 0. The number of piperazine rings is 1. The Hall–Kier alpha value is -1.37. The Kier molecular flexibility index (Phi) is 4.95. The maximum Gasteiger partial charge on any atom is 0.0641 e. The van der Waals surface area contributed by atoms with E-state index < -0.39 is 0 Å². The summed E-state index contributed by atoms with van der Waals surface area (Å²) in [5, 5.41) is 9.11. The van der Waals surface area contributed by atoms with E-state index in [1.54, 1.807) is 0 Å². The Morgan fingerprint density at radius 3 is 2.63 bits per heavy atom. The molecule has 1 aliphatic rings. The molecular formula is C16H23N3. The predicted octanol–water partition coefficient (Wildman–Crippen LogP) is 2.67. The highest BCUT2D eigenvalue weighted by molar-refractivity contribution is 5.20. The van der Waals surface area contributed by atoms with E-state index in [0.29, 0.717) is 12.5 Å². The molecule has 1 aromatic carbocycles. The van der Waals surface area contributed by atoms with Crippen LogP contribution in [0.5, 0.6) is 0 Å². The van der Waals surface area contributed by atoms with Crippen molar-refractivity contribution in [3.63, 3.8) is 0 Å². The van der Waals surface area contributed by atoms with E-state index in [-0.39, 0.29) is 6.04 Å². The fourth-order valence-electron chi connectivity index (χ4n) is 3.00. The highest BCUT2D eigenvalue weighted by Crippen LogP contribution is 2.26. The van der Waals surface area contributed by atoms with Crippen molar-refractivity contribution >= 4 is 0 Å². The van der Waals surface area contributed by atoms with Gasteiger partial charge in [-0.2, -0.15) is 5.26 Å². The van der Waals surface area contributed by atoms with Crippen LogP contribution in [-0.4, -0.2) is 42.0 Å². The molecule has 19 heavy (non-hydrogen) atoms. The van der Waals surface area contributed by atoms with Gasteiger partial charge in [0.25, 0.3) is 0 Å². The van der Waals surface area contributed by atoms with Crippen molar-refractivity contribution in [3.05, 3.63) is 35.9 Å². The smallest absolute Gasteiger partial charge is 0.0641 e. The van der Waals surface area contributed by atoms with Crippen molar-refractivity contribution in [1.82, 2.24) is 9.80 Å². The summed E-state index contributed by atoms with van der Waals surface area (Å²) in [4.78, 5) is 4.97. The SMILES string of the molecule is CCN1CCN(C(CC#N)c2ccccc2)CC1C. The molecule has 0 amide bonds. The average molecular weight is 257 g/mol. The van der Waals surface area contributed by atoms with Crippen LogP contribution in [0, 0.1) is 11.3 Å². The van der Waals surface area contributed by atoms with E-state index in [2.05, 4.69) is 54.0 Å². The Bertz CT molecular complexity index is 423. The first kappa shape index (κ1) is 14.0. The number of benzene rings is 1. The van der Waals surface area contributed by atoms with Gasteiger partial charge in [0, 0.05) is 31.7 Å². The highest BCUT2D eigenvalue weighted by atomic mass is 15.3. The third kappa shape index (κ3) is 3.34. The second-order valence-corrected chi connectivity index (χ2v) is 5.26. The molecule has 0 bridgehead atoms. The lowest BCUT2D eigenvalue weighted by molar-refractivity contribution is 0.0594. The zero-order valence-electron chi connectivity index (χ0n) is 11.9. The van der Waals surface area contributed by atoms with E-state index in [0.717, 1.165) is 26.2 Å². The van der Waals surface area contributed by atoms with Crippen LogP contribution < -0.4 is 0 Å². The zero-order valence-corrected chi connectivity index (χ0v) is 11.9. The minimum atomic E-state index is 0.243. The molecule has 2 atom stereocenters. The molecule has 2 unspecified atom stereocenters. The molecule has 0 saturated carbocycles. The summed E-state index contributed by atoms with van der Waals surface area (Å²) in [5.41, 5.74) is 1.26. The van der Waals surface area contributed by atoms with Gasteiger partial charge >= 0.3 is 0 Å². The summed E-state index contributed by atoms with van der Waals surface area (Å²) >= 11 is 0. The van der Waals surface area contributed by atoms with Crippen LogP contribution in [0.2, 0.25) is 0 Å². The zero-order chi connectivity index (χ0) is 13.7. The number of rotatable bonds is 4. The van der Waals surface area contributed by atoms with Crippen molar-refractivity contribution in [2.24, 2.45) is 0 Å². The second-order valence-electron chi connectivity index (χ2n) is 5.26. The summed E-state index contributed by atoms with van der Waals surface area (Å²) in [6, 6.07) is 13.6. The highest BCUT2D eigenvalue weighted by Gasteiger charge is 2.28. The lowest BCUT2D eigenvalue weighted by Crippen LogP contribution is -2.52. The topological polar surface area (TPSA) is 30.3 Å². The summed E-state index contributed by atoms with van der Waals surface area (Å²) in [6.45, 7) is 8.82. The van der Waals surface area contributed by atoms with E-state index in [4.69, 9.17) is 5.26 Å². The fraction of sp³-hybridized carbons (Fsp3) is 0.562. The molecule has 1 fully saturated rings. The Balaban J connectivity index is 2.11. The molecule has 2 rings (SSSR count). The van der Waals surface area contributed by atoms with E-state index in [1.165, 1.54) is 5.56 Å². The molecule has 102 valence electrons. The van der Waals surface area contributed by atoms with Gasteiger partial charge in [-0.1, -0.05) is 37.3 Å². The van der Waals surface area contributed by atoms with E-state index in [1.807, 2.05) is 6.07 Å². The van der Waals surface area contributed by atoms with Crippen molar-refractivity contribution in [2.45, 2.75) is 32.4 Å². The van der Waals surface area contributed by atoms with Gasteiger partial charge in [-0.25, -0.2) is 0 Å². The molecule has 1 heterocycles. The second kappa shape index (κ2) is 6.70. The van der Waals surface area contributed by atoms with E-state index >= 15 is 0 Å². The minimum absolute atomic E-state index is 0.243. The monoisotopic (exact) mass is 257 g/mol. The molecule has 1 saturated heterocycles. The number of likely N-dealkylation sites (N-methyl/N-ethyl adjacent to an activating group) is 1. The van der Waals surface area contributed by atoms with Gasteiger partial charge in [0.15, 0.2) is 0 Å². The molecule has 0 N–H and O–H groups in total. The predicted molar refractivity (Wildman–Crippen MR) is 77.7 cm³/mol. The molecule has 3 nitrogen and oxygen atoms in total. The average Bonchev–Trinajstić information content (AvgIpc) is 2.45. The summed E-state index contributed by atoms with van der Waals surface area (Å²) in [5.74, 6) is 0. The minimum Gasteiger partial charge on any atom is -0.298 e. The van der Waals surface area contributed by atoms with Crippen molar-refractivity contribution in [3.8, 4) is 6.07 Å². The van der Waals surface area contributed by atoms with Gasteiger partial charge < -0.3 is 0 Å². The van der Waals surface area contributed by atoms with Crippen LogP contribution in [0.25, 0.3) is 0 Å². The molecular weight excluding hydrogens is 234 g/mol. The van der Waals surface area contributed by atoms with Crippen molar-refractivity contribution < 1.29 is 0 Å². The normalized spacial score (nSPS) is 22.9. The van der Waals surface area contributed by atoms with Crippen LogP contribution >= 0.6 is 0 Å². The summed E-state index contributed by atoms with van der Waals surface area (Å²) in [6.07, 6.45) is 0.572. The fourth-order valence-corrected chi connectivity index (χ4v) is 3.00. The van der Waals surface area contributed by atoms with Crippen LogP contribution in [0.15, 0.2) is 30.3 Å². The molecule has 1 aliphatic heterocycles. The molecule has 0 aromatic heterocycles. The first-order chi connectivity index (χ1) is 9.26. The molecule has 3 heteroatoms. The third-order valence-corrected chi connectivity index (χ3v) is 4.11. The van der Waals surface area contributed by atoms with Crippen LogP contribution in [-0.2, 0) is 0 Å². The van der Waals surface area contributed by atoms with Crippen LogP contribution in [0.3, 0.4) is 0 Å². The third-order valence-electron chi connectivity index (χ3n) is 4.11. The van der Waals surface area contributed by atoms with Crippen molar-refractivity contribution in [2.75, 3.05) is 26.2 Å². The van der Waals surface area contributed by atoms with Gasteiger partial charge in [0.05, 0.1) is 12.5 Å². The van der Waals surface area contributed by atoms with Gasteiger partial charge in [-0.05, 0) is 19.0 Å². The summed E-state index contributed by atoms with van der Waals surface area (Å²) < 4.78 is 0. The van der Waals surface area contributed by atoms with Crippen molar-refractivity contribution in [1.29, 1.82) is 5.26 Å². The molecule has 0 spiro atoms. The van der Waals surface area contributed by atoms with Gasteiger partial charge in [0.1, 0.15) is 0 Å². The maximum absolute atomic E-state index is 9.11. The van der Waals surface area contributed by atoms with E-state index in [9.17, 15) is 0 Å². The first-order valence-corrected chi connectivity index (χ1v) is 7.16. The quantitative estimate of drug-likeness (QED) is 0.830.